The molecule has 0 fully saturated rings. The van der Waals surface area contributed by atoms with Crippen LogP contribution in [0.2, 0.25) is 0 Å². The molecule has 5 heterocycles. The van der Waals surface area contributed by atoms with Crippen molar-refractivity contribution < 1.29 is 19.8 Å². The number of hydrogen-bond acceptors (Lipinski definition) is 5. The van der Waals surface area contributed by atoms with Crippen molar-refractivity contribution in [2.45, 2.75) is 131 Å². The third kappa shape index (κ3) is 7.73. The fraction of sp³-hybridized carbons (Fsp3) is 0.512. The summed E-state index contributed by atoms with van der Waals surface area (Å²) in [6.07, 6.45) is 10.1. The zero-order valence-corrected chi connectivity index (χ0v) is 31.0. The van der Waals surface area contributed by atoms with Gasteiger partial charge in [-0.1, -0.05) is 59.3 Å². The van der Waals surface area contributed by atoms with Gasteiger partial charge in [-0.15, -0.1) is 0 Å². The maximum Gasteiger partial charge on any atom is 0.338 e. The lowest BCUT2D eigenvalue weighted by Gasteiger charge is -2.16. The van der Waals surface area contributed by atoms with Gasteiger partial charge in [-0.25, -0.2) is 9.78 Å². The van der Waals surface area contributed by atoms with E-state index in [9.17, 15) is 19.8 Å². The molecule has 9 heteroatoms. The van der Waals surface area contributed by atoms with Gasteiger partial charge in [0.1, 0.15) is 0 Å². The molecular weight excluding hydrogens is 626 g/mol. The van der Waals surface area contributed by atoms with E-state index in [1.807, 2.05) is 19.9 Å². The largest absolute Gasteiger partial charge is 0.481 e. The summed E-state index contributed by atoms with van der Waals surface area (Å²) in [5.74, 6) is -2.17. The van der Waals surface area contributed by atoms with Gasteiger partial charge in [0, 0.05) is 58.3 Å². The van der Waals surface area contributed by atoms with E-state index in [1.54, 1.807) is 0 Å². The van der Waals surface area contributed by atoms with Gasteiger partial charge in [0.25, 0.3) is 0 Å². The number of rotatable bonds is 15. The highest BCUT2D eigenvalue weighted by Crippen LogP contribution is 2.43. The minimum absolute atomic E-state index is 0.00382. The Balaban J connectivity index is 1.71. The molecule has 2 aliphatic rings. The molecule has 0 aliphatic carbocycles. The van der Waals surface area contributed by atoms with Gasteiger partial charge in [-0.2, -0.15) is 0 Å². The molecule has 50 heavy (non-hydrogen) atoms. The van der Waals surface area contributed by atoms with Crippen LogP contribution in [-0.4, -0.2) is 48.6 Å². The quantitative estimate of drug-likeness (QED) is 0.101. The molecule has 9 nitrogen and oxygen atoms in total. The fourth-order valence-corrected chi connectivity index (χ4v) is 7.74. The van der Waals surface area contributed by atoms with Crippen molar-refractivity contribution in [1.82, 2.24) is 25.3 Å². The first-order chi connectivity index (χ1) is 24.0. The summed E-state index contributed by atoms with van der Waals surface area (Å²) in [5.41, 5.74) is 12.6. The number of unbranched alkanes of at least 4 members (excludes halogenated alkanes) is 6. The van der Waals surface area contributed by atoms with E-state index in [0.29, 0.717) is 34.6 Å². The zero-order chi connectivity index (χ0) is 36.1. The first kappa shape index (κ1) is 37.0. The molecule has 0 saturated carbocycles. The van der Waals surface area contributed by atoms with Gasteiger partial charge < -0.3 is 25.5 Å². The number of aromatic amines is 2. The van der Waals surface area contributed by atoms with Crippen LogP contribution in [0, 0.1) is 20.8 Å². The Bertz CT molecular complexity index is 1950. The number of nitrogens with one attached hydrogen (secondary N) is 3. The summed E-state index contributed by atoms with van der Waals surface area (Å²) in [7, 11) is 0. The van der Waals surface area contributed by atoms with Crippen LogP contribution in [0.25, 0.3) is 33.2 Å². The number of carbonyl (C=O) groups is 2. The zero-order valence-electron chi connectivity index (χ0n) is 31.0. The lowest BCUT2D eigenvalue weighted by atomic mass is 9.85. The summed E-state index contributed by atoms with van der Waals surface area (Å²) >= 11 is 0. The Labute approximate surface area is 296 Å². The molecule has 2 aliphatic heterocycles. The van der Waals surface area contributed by atoms with Crippen molar-refractivity contribution in [3.8, 4) is 0 Å². The Morgan fingerprint density at radius 1 is 0.800 bits per heavy atom. The maximum atomic E-state index is 12.7. The molecule has 0 unspecified atom stereocenters. The molecular formula is C41H55N5O4. The Morgan fingerprint density at radius 3 is 2.10 bits per heavy atom. The predicted octanol–water partition coefficient (Wildman–Crippen LogP) is 9.41. The highest BCUT2D eigenvalue weighted by Gasteiger charge is 2.33. The molecule has 5 N–H and O–H groups in total. The lowest BCUT2D eigenvalue weighted by molar-refractivity contribution is -0.137. The molecule has 0 aromatic carbocycles. The van der Waals surface area contributed by atoms with Gasteiger partial charge >= 0.3 is 11.9 Å². The summed E-state index contributed by atoms with van der Waals surface area (Å²) in [4.78, 5) is 41.9. The van der Waals surface area contributed by atoms with E-state index in [1.165, 1.54) is 44.1 Å². The van der Waals surface area contributed by atoms with Crippen LogP contribution in [-0.2, 0) is 22.6 Å². The van der Waals surface area contributed by atoms with Gasteiger partial charge in [-0.05, 0) is 105 Å². The number of aryl methyl sites for hydroxylation is 3. The SMILES string of the molecule is CCCCCCCCCNCc1c(C)c2cc3nc(c(C)c4nc(cc5[nH]c(cc1[nH]2)c(C)c5CC)C(C)=C4C(=O)O)[C@@H](CCC(=O)O)[C@@H]3C. The van der Waals surface area contributed by atoms with E-state index in [-0.39, 0.29) is 23.8 Å². The van der Waals surface area contributed by atoms with E-state index in [0.717, 1.165) is 70.4 Å². The molecule has 3 aromatic rings. The summed E-state index contributed by atoms with van der Waals surface area (Å²) in [6, 6.07) is 6.26. The van der Waals surface area contributed by atoms with E-state index in [2.05, 4.69) is 62.0 Å². The van der Waals surface area contributed by atoms with Crippen molar-refractivity contribution in [1.29, 1.82) is 0 Å². The molecule has 0 spiro atoms. The number of H-pyrrole nitrogens is 2. The summed E-state index contributed by atoms with van der Waals surface area (Å²) in [6.45, 7) is 16.1. The number of allylic oxidation sites excluding steroid dienone is 1. The molecule has 0 radical (unpaired) electrons. The minimum atomic E-state index is -1.04. The van der Waals surface area contributed by atoms with Crippen LogP contribution in [0.5, 0.6) is 0 Å². The van der Waals surface area contributed by atoms with E-state index >= 15 is 0 Å². The molecule has 3 aromatic heterocycles. The van der Waals surface area contributed by atoms with Crippen molar-refractivity contribution in [3.63, 3.8) is 0 Å². The number of nitrogens with zero attached hydrogens (tertiary/aromatic N) is 2. The monoisotopic (exact) mass is 681 g/mol. The Hall–Kier alpha value is -4.24. The maximum absolute atomic E-state index is 12.7. The number of carboxylic acid groups (broad SMARTS) is 2. The predicted molar refractivity (Wildman–Crippen MR) is 202 cm³/mol. The number of aromatic nitrogens is 4. The van der Waals surface area contributed by atoms with E-state index < -0.39 is 11.9 Å². The smallest absolute Gasteiger partial charge is 0.338 e. The van der Waals surface area contributed by atoms with Crippen LogP contribution in [0.15, 0.2) is 18.2 Å². The Kier molecular flexibility index (Phi) is 12.0. The van der Waals surface area contributed by atoms with Crippen molar-refractivity contribution in [3.05, 3.63) is 68.8 Å². The van der Waals surface area contributed by atoms with Crippen molar-refractivity contribution in [2.75, 3.05) is 6.54 Å². The third-order valence-corrected chi connectivity index (χ3v) is 10.9. The van der Waals surface area contributed by atoms with Crippen molar-refractivity contribution in [2.24, 2.45) is 0 Å². The first-order valence-corrected chi connectivity index (χ1v) is 18.6. The molecule has 0 saturated heterocycles. The van der Waals surface area contributed by atoms with E-state index in [4.69, 9.17) is 9.97 Å². The van der Waals surface area contributed by atoms with Crippen LogP contribution in [0.3, 0.4) is 0 Å². The molecule has 0 amide bonds. The number of fused-ring (bicyclic) bond motifs is 8. The molecule has 8 bridgehead atoms. The molecule has 2 atom stereocenters. The second-order valence-corrected chi connectivity index (χ2v) is 14.2. The Morgan fingerprint density at radius 2 is 1.44 bits per heavy atom. The topological polar surface area (TPSA) is 144 Å². The second kappa shape index (κ2) is 16.2. The molecule has 268 valence electrons. The van der Waals surface area contributed by atoms with Crippen molar-refractivity contribution >= 4 is 45.2 Å². The van der Waals surface area contributed by atoms with Crippen LogP contribution >= 0.6 is 0 Å². The first-order valence-electron chi connectivity index (χ1n) is 18.6. The number of carboxylic acids is 2. The standard InChI is InChI=1S/C41H55N5O4/c1-8-10-11-12-13-14-15-18-42-22-30-25(5)31-19-33-24(4)29(16-17-37(47)48)39(45-33)27(7)40-38(41(49)50)26(6)34(46-40)21-35-28(9-2)23(3)32(43-35)20-36(30)44-31/h19-21,24,29,42-44H,8-18,22H2,1-7H3,(H,47,48)(H,49,50)/t24-,29-/m0/s1. The summed E-state index contributed by atoms with van der Waals surface area (Å²) < 4.78 is 0. The lowest BCUT2D eigenvalue weighted by Crippen LogP contribution is -2.15. The van der Waals surface area contributed by atoms with Gasteiger partial charge in [-0.3, -0.25) is 9.78 Å². The van der Waals surface area contributed by atoms with Gasteiger partial charge in [0.05, 0.1) is 17.0 Å². The normalized spacial score (nSPS) is 16.0. The summed E-state index contributed by atoms with van der Waals surface area (Å²) in [5, 5.41) is 23.7. The van der Waals surface area contributed by atoms with Crippen LogP contribution in [0.1, 0.15) is 148 Å². The number of aliphatic carboxylic acids is 2. The highest BCUT2D eigenvalue weighted by atomic mass is 16.4. The number of hydrogen-bond donors (Lipinski definition) is 5. The third-order valence-electron chi connectivity index (χ3n) is 10.9. The van der Waals surface area contributed by atoms with Gasteiger partial charge in [0.2, 0.25) is 0 Å². The van der Waals surface area contributed by atoms with Gasteiger partial charge in [0.15, 0.2) is 0 Å². The molecule has 5 rings (SSSR count). The minimum Gasteiger partial charge on any atom is -0.481 e. The fourth-order valence-electron chi connectivity index (χ4n) is 7.74. The average molecular weight is 682 g/mol. The second-order valence-electron chi connectivity index (χ2n) is 14.2. The highest BCUT2D eigenvalue weighted by molar-refractivity contribution is 6.24. The van der Waals surface area contributed by atoms with Crippen LogP contribution < -0.4 is 5.32 Å². The average Bonchev–Trinajstić information content (AvgIpc) is 3.76. The van der Waals surface area contributed by atoms with Crippen LogP contribution in [0.4, 0.5) is 0 Å².